The van der Waals surface area contributed by atoms with Gasteiger partial charge in [0.25, 0.3) is 0 Å². The van der Waals surface area contributed by atoms with Crippen molar-refractivity contribution < 1.29 is 35.8 Å². The van der Waals surface area contributed by atoms with Crippen LogP contribution in [-0.4, -0.2) is 13.2 Å². The summed E-state index contributed by atoms with van der Waals surface area (Å²) >= 11 is 0. The summed E-state index contributed by atoms with van der Waals surface area (Å²) in [6, 6.07) is 8.26. The van der Waals surface area contributed by atoms with E-state index in [4.69, 9.17) is 9.47 Å². The van der Waals surface area contributed by atoms with E-state index in [0.29, 0.717) is 42.2 Å². The first-order chi connectivity index (χ1) is 20.7. The van der Waals surface area contributed by atoms with E-state index >= 15 is 8.78 Å². The van der Waals surface area contributed by atoms with Crippen LogP contribution >= 0.6 is 0 Å². The first-order valence-corrected chi connectivity index (χ1v) is 15.1. The smallest absolute Gasteiger partial charge is 0.201 e. The molecular formula is C35H36F6O2. The fourth-order valence-corrected chi connectivity index (χ4v) is 6.63. The van der Waals surface area contributed by atoms with Crippen LogP contribution < -0.4 is 9.47 Å². The molecule has 1 unspecified atom stereocenters. The molecule has 1 fully saturated rings. The molecule has 5 rings (SSSR count). The highest BCUT2D eigenvalue weighted by atomic mass is 19.2. The SMILES string of the molecule is CCCOc1ccc(-c2ccc(C3=CCC(C4CCC(c5ccc(OCC)c(F)c5F)CC4)CC3)c(F)c2F)c(F)c1F. The van der Waals surface area contributed by atoms with E-state index in [-0.39, 0.29) is 47.3 Å². The lowest BCUT2D eigenvalue weighted by atomic mass is 9.70. The fourth-order valence-electron chi connectivity index (χ4n) is 6.63. The van der Waals surface area contributed by atoms with Gasteiger partial charge < -0.3 is 9.47 Å². The molecule has 2 aliphatic carbocycles. The first-order valence-electron chi connectivity index (χ1n) is 15.1. The second-order valence-electron chi connectivity index (χ2n) is 11.5. The minimum absolute atomic E-state index is 0.0508. The Morgan fingerprint density at radius 1 is 0.605 bits per heavy atom. The molecule has 0 heterocycles. The molecule has 8 heteroatoms. The fraction of sp³-hybridized carbons (Fsp3) is 0.429. The van der Waals surface area contributed by atoms with Crippen LogP contribution in [0.4, 0.5) is 26.3 Å². The third-order valence-corrected chi connectivity index (χ3v) is 8.93. The normalized spacial score (nSPS) is 20.6. The molecular weight excluding hydrogens is 566 g/mol. The van der Waals surface area contributed by atoms with Crippen molar-refractivity contribution in [3.05, 3.63) is 88.5 Å². The van der Waals surface area contributed by atoms with Crippen LogP contribution in [0.1, 0.15) is 82.3 Å². The summed E-state index contributed by atoms with van der Waals surface area (Å²) in [5.74, 6) is -6.21. The summed E-state index contributed by atoms with van der Waals surface area (Å²) in [5.41, 5.74) is 0.490. The van der Waals surface area contributed by atoms with Gasteiger partial charge in [-0.3, -0.25) is 0 Å². The van der Waals surface area contributed by atoms with Gasteiger partial charge in [0, 0.05) is 16.7 Å². The molecule has 43 heavy (non-hydrogen) atoms. The lowest BCUT2D eigenvalue weighted by Crippen LogP contribution is -2.23. The van der Waals surface area contributed by atoms with Gasteiger partial charge >= 0.3 is 0 Å². The molecule has 0 aliphatic heterocycles. The average molecular weight is 603 g/mol. The molecule has 0 spiro atoms. The first kappa shape index (κ1) is 31.0. The second kappa shape index (κ2) is 13.5. The van der Waals surface area contributed by atoms with Crippen molar-refractivity contribution in [2.75, 3.05) is 13.2 Å². The van der Waals surface area contributed by atoms with Crippen LogP contribution in [0.5, 0.6) is 11.5 Å². The van der Waals surface area contributed by atoms with Crippen LogP contribution in [0, 0.1) is 46.7 Å². The quantitative estimate of drug-likeness (QED) is 0.227. The Balaban J connectivity index is 1.24. The molecule has 0 N–H and O–H groups in total. The van der Waals surface area contributed by atoms with Gasteiger partial charge in [-0.25, -0.2) is 17.6 Å². The average Bonchev–Trinajstić information content (AvgIpc) is 3.02. The zero-order valence-corrected chi connectivity index (χ0v) is 24.4. The van der Waals surface area contributed by atoms with Crippen LogP contribution in [0.3, 0.4) is 0 Å². The predicted octanol–water partition coefficient (Wildman–Crippen LogP) is 10.5. The van der Waals surface area contributed by atoms with Gasteiger partial charge in [-0.05, 0) is 105 Å². The molecule has 3 aromatic rings. The molecule has 0 aromatic heterocycles. The standard InChI is InChI=1S/C35H36F6O2/c1-3-19-43-29-18-16-27(33(39)35(29)41)26-14-13-24(30(36)32(26)38)22-9-5-20(6-10-22)21-7-11-23(12-8-21)25-15-17-28(42-4-2)34(40)31(25)37/h9,13-18,20-21,23H,3-8,10-12,19H2,1-2H3. The van der Waals surface area contributed by atoms with Crippen LogP contribution in [0.15, 0.2) is 42.5 Å². The van der Waals surface area contributed by atoms with Crippen molar-refractivity contribution in [3.63, 3.8) is 0 Å². The zero-order chi connectivity index (χ0) is 30.7. The topological polar surface area (TPSA) is 18.5 Å². The highest BCUT2D eigenvalue weighted by Crippen LogP contribution is 2.45. The Labute approximate surface area is 248 Å². The summed E-state index contributed by atoms with van der Waals surface area (Å²) in [7, 11) is 0. The summed E-state index contributed by atoms with van der Waals surface area (Å²) in [4.78, 5) is 0. The molecule has 230 valence electrons. The maximum atomic E-state index is 15.3. The van der Waals surface area contributed by atoms with Gasteiger partial charge in [0.1, 0.15) is 0 Å². The minimum atomic E-state index is -1.29. The van der Waals surface area contributed by atoms with E-state index in [1.807, 2.05) is 13.0 Å². The number of allylic oxidation sites excluding steroid dienone is 2. The molecule has 1 saturated carbocycles. The van der Waals surface area contributed by atoms with Gasteiger partial charge in [-0.1, -0.05) is 31.2 Å². The minimum Gasteiger partial charge on any atom is -0.491 e. The summed E-state index contributed by atoms with van der Waals surface area (Å²) in [6.07, 6.45) is 7.90. The van der Waals surface area contributed by atoms with Crippen molar-refractivity contribution in [1.29, 1.82) is 0 Å². The highest BCUT2D eigenvalue weighted by Gasteiger charge is 2.32. The predicted molar refractivity (Wildman–Crippen MR) is 155 cm³/mol. The molecule has 0 radical (unpaired) electrons. The van der Waals surface area contributed by atoms with E-state index < -0.39 is 34.9 Å². The molecule has 0 bridgehead atoms. The Hall–Kier alpha value is -3.42. The van der Waals surface area contributed by atoms with Crippen molar-refractivity contribution in [2.24, 2.45) is 11.8 Å². The number of rotatable bonds is 9. The van der Waals surface area contributed by atoms with Gasteiger partial charge in [0.2, 0.25) is 11.6 Å². The lowest BCUT2D eigenvalue weighted by Gasteiger charge is -2.36. The van der Waals surface area contributed by atoms with Crippen LogP contribution in [-0.2, 0) is 0 Å². The summed E-state index contributed by atoms with van der Waals surface area (Å²) in [6.45, 7) is 4.01. The maximum Gasteiger partial charge on any atom is 0.201 e. The van der Waals surface area contributed by atoms with E-state index in [2.05, 4.69) is 0 Å². The molecule has 2 aliphatic rings. The van der Waals surface area contributed by atoms with Crippen LogP contribution in [0.25, 0.3) is 16.7 Å². The Morgan fingerprint density at radius 3 is 1.84 bits per heavy atom. The molecule has 2 nitrogen and oxygen atoms in total. The van der Waals surface area contributed by atoms with Gasteiger partial charge in [-0.2, -0.15) is 8.78 Å². The summed E-state index contributed by atoms with van der Waals surface area (Å²) < 4.78 is 99.2. The zero-order valence-electron chi connectivity index (χ0n) is 24.4. The van der Waals surface area contributed by atoms with E-state index in [9.17, 15) is 17.6 Å². The number of ether oxygens (including phenoxy) is 2. The van der Waals surface area contributed by atoms with Gasteiger partial charge in [0.15, 0.2) is 34.8 Å². The molecule has 0 saturated heterocycles. The number of hydrogen-bond donors (Lipinski definition) is 0. The maximum absolute atomic E-state index is 15.3. The Bertz CT molecular complexity index is 1490. The summed E-state index contributed by atoms with van der Waals surface area (Å²) in [5, 5.41) is 0. The molecule has 1 atom stereocenters. The highest BCUT2D eigenvalue weighted by molar-refractivity contribution is 5.72. The van der Waals surface area contributed by atoms with Crippen LogP contribution in [0.2, 0.25) is 0 Å². The lowest BCUT2D eigenvalue weighted by molar-refractivity contribution is 0.218. The van der Waals surface area contributed by atoms with Crippen molar-refractivity contribution >= 4 is 5.57 Å². The third-order valence-electron chi connectivity index (χ3n) is 8.93. The van der Waals surface area contributed by atoms with E-state index in [1.54, 1.807) is 13.0 Å². The second-order valence-corrected chi connectivity index (χ2v) is 11.5. The molecule has 3 aromatic carbocycles. The van der Waals surface area contributed by atoms with Crippen molar-refractivity contribution in [2.45, 2.75) is 71.1 Å². The van der Waals surface area contributed by atoms with Gasteiger partial charge in [0.05, 0.1) is 13.2 Å². The Kier molecular flexibility index (Phi) is 9.72. The largest absolute Gasteiger partial charge is 0.491 e. The van der Waals surface area contributed by atoms with E-state index in [0.717, 1.165) is 32.1 Å². The van der Waals surface area contributed by atoms with Crippen molar-refractivity contribution in [3.8, 4) is 22.6 Å². The van der Waals surface area contributed by atoms with Crippen molar-refractivity contribution in [1.82, 2.24) is 0 Å². The number of hydrogen-bond acceptors (Lipinski definition) is 2. The number of benzene rings is 3. The third kappa shape index (κ3) is 6.29. The van der Waals surface area contributed by atoms with Gasteiger partial charge in [-0.15, -0.1) is 0 Å². The Morgan fingerprint density at radius 2 is 1.19 bits per heavy atom. The monoisotopic (exact) mass is 602 g/mol. The van der Waals surface area contributed by atoms with E-state index in [1.165, 1.54) is 30.3 Å². The molecule has 0 amide bonds. The number of halogens is 6.